The minimum atomic E-state index is -0.360. The maximum Gasteiger partial charge on any atom is 0.0705 e. The van der Waals surface area contributed by atoms with Crippen LogP contribution in [0.5, 0.6) is 0 Å². The number of rotatable bonds is 2. The summed E-state index contributed by atoms with van der Waals surface area (Å²) < 4.78 is 5.99. The van der Waals surface area contributed by atoms with Gasteiger partial charge >= 0.3 is 0 Å². The lowest BCUT2D eigenvalue weighted by Gasteiger charge is -2.51. The van der Waals surface area contributed by atoms with E-state index in [0.717, 1.165) is 32.3 Å². The molecule has 0 aromatic heterocycles. The maximum atomic E-state index is 11.1. The van der Waals surface area contributed by atoms with E-state index in [1.807, 2.05) is 0 Å². The molecule has 3 aliphatic rings. The van der Waals surface area contributed by atoms with Gasteiger partial charge in [0.25, 0.3) is 0 Å². The third-order valence-corrected chi connectivity index (χ3v) is 5.79. The summed E-state index contributed by atoms with van der Waals surface area (Å²) in [4.78, 5) is 0. The normalized spacial score (nSPS) is 44.8. The van der Waals surface area contributed by atoms with Crippen LogP contribution in [-0.2, 0) is 4.74 Å². The van der Waals surface area contributed by atoms with Crippen molar-refractivity contribution in [2.24, 2.45) is 11.8 Å². The summed E-state index contributed by atoms with van der Waals surface area (Å²) in [5, 5.41) is 11.1. The Bertz CT molecular complexity index is 285. The van der Waals surface area contributed by atoms with E-state index >= 15 is 0 Å². The molecule has 3 rings (SSSR count). The van der Waals surface area contributed by atoms with Gasteiger partial charge in [-0.1, -0.05) is 19.8 Å². The standard InChI is InChI=1S/C15H26O2/c1-2-12-5-3-9-15(12,16)13-6-10-17-14(11-13)7-4-8-14/h12-13,16H,2-11H2,1H3. The lowest BCUT2D eigenvalue weighted by Crippen LogP contribution is -2.52. The van der Waals surface area contributed by atoms with E-state index in [1.165, 1.54) is 32.1 Å². The summed E-state index contributed by atoms with van der Waals surface area (Å²) in [6.07, 6.45) is 10.6. The Morgan fingerprint density at radius 3 is 2.65 bits per heavy atom. The van der Waals surface area contributed by atoms with Gasteiger partial charge in [-0.25, -0.2) is 0 Å². The second kappa shape index (κ2) is 4.24. The van der Waals surface area contributed by atoms with Crippen molar-refractivity contribution < 1.29 is 9.84 Å². The highest BCUT2D eigenvalue weighted by molar-refractivity contribution is 5.03. The zero-order valence-electron chi connectivity index (χ0n) is 11.1. The molecular weight excluding hydrogens is 212 g/mol. The second-order valence-electron chi connectivity index (χ2n) is 6.56. The summed E-state index contributed by atoms with van der Waals surface area (Å²) in [6.45, 7) is 3.11. The largest absolute Gasteiger partial charge is 0.389 e. The third-order valence-electron chi connectivity index (χ3n) is 5.79. The molecule has 0 bridgehead atoms. The Morgan fingerprint density at radius 1 is 1.18 bits per heavy atom. The van der Waals surface area contributed by atoms with Gasteiger partial charge in [0.15, 0.2) is 0 Å². The van der Waals surface area contributed by atoms with Crippen molar-refractivity contribution in [1.29, 1.82) is 0 Å². The van der Waals surface area contributed by atoms with Crippen molar-refractivity contribution in [1.82, 2.24) is 0 Å². The predicted octanol–water partition coefficient (Wildman–Crippen LogP) is 3.28. The van der Waals surface area contributed by atoms with E-state index in [1.54, 1.807) is 0 Å². The predicted molar refractivity (Wildman–Crippen MR) is 67.8 cm³/mol. The summed E-state index contributed by atoms with van der Waals surface area (Å²) in [7, 11) is 0. The van der Waals surface area contributed by atoms with Crippen LogP contribution in [0.1, 0.15) is 64.7 Å². The lowest BCUT2D eigenvalue weighted by molar-refractivity contribution is -0.182. The monoisotopic (exact) mass is 238 g/mol. The molecule has 2 saturated carbocycles. The van der Waals surface area contributed by atoms with Gasteiger partial charge < -0.3 is 9.84 Å². The van der Waals surface area contributed by atoms with Crippen molar-refractivity contribution in [3.63, 3.8) is 0 Å². The number of hydrogen-bond acceptors (Lipinski definition) is 2. The molecule has 1 N–H and O–H groups in total. The van der Waals surface area contributed by atoms with Crippen LogP contribution < -0.4 is 0 Å². The number of hydrogen-bond donors (Lipinski definition) is 1. The molecule has 0 aromatic carbocycles. The van der Waals surface area contributed by atoms with E-state index in [4.69, 9.17) is 4.74 Å². The molecule has 0 aromatic rings. The molecule has 17 heavy (non-hydrogen) atoms. The molecule has 1 aliphatic heterocycles. The van der Waals surface area contributed by atoms with E-state index in [2.05, 4.69) is 6.92 Å². The van der Waals surface area contributed by atoms with Gasteiger partial charge in [0.2, 0.25) is 0 Å². The summed E-state index contributed by atoms with van der Waals surface area (Å²) in [5.74, 6) is 1.05. The van der Waals surface area contributed by atoms with Crippen LogP contribution in [0.3, 0.4) is 0 Å². The van der Waals surface area contributed by atoms with Gasteiger partial charge in [0.05, 0.1) is 11.2 Å². The average Bonchev–Trinajstić information content (AvgIpc) is 2.70. The molecule has 0 radical (unpaired) electrons. The Morgan fingerprint density at radius 2 is 2.00 bits per heavy atom. The van der Waals surface area contributed by atoms with Crippen molar-refractivity contribution in [3.8, 4) is 0 Å². The maximum absolute atomic E-state index is 11.1. The molecule has 2 aliphatic carbocycles. The van der Waals surface area contributed by atoms with Crippen LogP contribution in [0.4, 0.5) is 0 Å². The van der Waals surface area contributed by atoms with Gasteiger partial charge in [-0.3, -0.25) is 0 Å². The van der Waals surface area contributed by atoms with Crippen LogP contribution in [0, 0.1) is 11.8 Å². The lowest BCUT2D eigenvalue weighted by atomic mass is 9.65. The third kappa shape index (κ3) is 1.84. The quantitative estimate of drug-likeness (QED) is 0.800. The van der Waals surface area contributed by atoms with Crippen LogP contribution in [0.15, 0.2) is 0 Å². The minimum absolute atomic E-state index is 0.180. The first kappa shape index (κ1) is 12.0. The van der Waals surface area contributed by atoms with Crippen molar-refractivity contribution in [2.45, 2.75) is 75.9 Å². The summed E-state index contributed by atoms with van der Waals surface area (Å²) in [5.41, 5.74) is -0.180. The second-order valence-corrected chi connectivity index (χ2v) is 6.56. The topological polar surface area (TPSA) is 29.5 Å². The fourth-order valence-corrected chi connectivity index (χ4v) is 4.55. The first-order chi connectivity index (χ1) is 8.19. The van der Waals surface area contributed by atoms with Crippen LogP contribution >= 0.6 is 0 Å². The smallest absolute Gasteiger partial charge is 0.0705 e. The van der Waals surface area contributed by atoms with E-state index in [9.17, 15) is 5.11 Å². The minimum Gasteiger partial charge on any atom is -0.389 e. The molecule has 1 heterocycles. The molecule has 3 atom stereocenters. The molecule has 1 spiro atoms. The summed E-state index contributed by atoms with van der Waals surface area (Å²) in [6, 6.07) is 0. The van der Waals surface area contributed by atoms with Crippen molar-refractivity contribution in [2.75, 3.05) is 6.61 Å². The Hall–Kier alpha value is -0.0800. The number of aliphatic hydroxyl groups is 1. The highest BCUT2D eigenvalue weighted by atomic mass is 16.5. The number of ether oxygens (including phenoxy) is 1. The zero-order valence-corrected chi connectivity index (χ0v) is 11.1. The zero-order chi connectivity index (χ0) is 11.9. The van der Waals surface area contributed by atoms with Gasteiger partial charge in [-0.2, -0.15) is 0 Å². The van der Waals surface area contributed by atoms with Crippen LogP contribution in [0.25, 0.3) is 0 Å². The highest BCUT2D eigenvalue weighted by Gasteiger charge is 2.52. The molecule has 3 fully saturated rings. The van der Waals surface area contributed by atoms with Gasteiger partial charge in [-0.05, 0) is 56.8 Å². The molecule has 2 heteroatoms. The molecule has 1 saturated heterocycles. The molecule has 98 valence electrons. The van der Waals surface area contributed by atoms with Crippen LogP contribution in [0.2, 0.25) is 0 Å². The van der Waals surface area contributed by atoms with E-state index in [0.29, 0.717) is 11.8 Å². The van der Waals surface area contributed by atoms with Gasteiger partial charge in [-0.15, -0.1) is 0 Å². The fraction of sp³-hybridized carbons (Fsp3) is 1.00. The average molecular weight is 238 g/mol. The van der Waals surface area contributed by atoms with Gasteiger partial charge in [0.1, 0.15) is 0 Å². The molecule has 2 nitrogen and oxygen atoms in total. The Labute approximate surface area is 105 Å². The SMILES string of the molecule is CCC1CCCC1(O)C1CCOC2(CCC2)C1. The molecule has 0 amide bonds. The van der Waals surface area contributed by atoms with E-state index in [-0.39, 0.29) is 11.2 Å². The molecular formula is C15H26O2. The molecule has 3 unspecified atom stereocenters. The van der Waals surface area contributed by atoms with Crippen LogP contribution in [-0.4, -0.2) is 22.9 Å². The Kier molecular flexibility index (Phi) is 2.99. The first-order valence-corrected chi connectivity index (χ1v) is 7.55. The van der Waals surface area contributed by atoms with Crippen molar-refractivity contribution >= 4 is 0 Å². The van der Waals surface area contributed by atoms with Gasteiger partial charge in [0, 0.05) is 6.61 Å². The van der Waals surface area contributed by atoms with Crippen molar-refractivity contribution in [3.05, 3.63) is 0 Å². The Balaban J connectivity index is 1.74. The van der Waals surface area contributed by atoms with E-state index < -0.39 is 0 Å². The fourth-order valence-electron chi connectivity index (χ4n) is 4.55. The first-order valence-electron chi connectivity index (χ1n) is 7.55. The highest BCUT2D eigenvalue weighted by Crippen LogP contribution is 2.52. The summed E-state index contributed by atoms with van der Waals surface area (Å²) >= 11 is 0.